The molecule has 2 N–H and O–H groups in total. The minimum absolute atomic E-state index is 0.00624. The number of hydrogen-bond acceptors (Lipinski definition) is 3. The minimum Gasteiger partial charge on any atom is -0.396 e. The first-order chi connectivity index (χ1) is 10.0. The Kier molecular flexibility index (Phi) is 5.14. The maximum absolute atomic E-state index is 13.1. The van der Waals surface area contributed by atoms with E-state index in [2.05, 4.69) is 5.32 Å². The van der Waals surface area contributed by atoms with Crippen LogP contribution in [0.15, 0.2) is 18.2 Å². The van der Waals surface area contributed by atoms with Gasteiger partial charge in [0.1, 0.15) is 5.82 Å². The van der Waals surface area contributed by atoms with E-state index in [-0.39, 0.29) is 23.2 Å². The first-order valence-corrected chi connectivity index (χ1v) is 7.05. The summed E-state index contributed by atoms with van der Waals surface area (Å²) < 4.78 is 13.1. The van der Waals surface area contributed by atoms with E-state index in [1.165, 1.54) is 11.0 Å². The normalized spacial score (nSPS) is 18.4. The van der Waals surface area contributed by atoms with Gasteiger partial charge in [-0.15, -0.1) is 0 Å². The average molecular weight is 315 g/mol. The fourth-order valence-electron chi connectivity index (χ4n) is 2.31. The topological polar surface area (TPSA) is 69.6 Å². The van der Waals surface area contributed by atoms with Gasteiger partial charge >= 0.3 is 11.8 Å². The molecule has 2 amide bonds. The number of hydrogen-bond donors (Lipinski definition) is 2. The van der Waals surface area contributed by atoms with E-state index in [1.54, 1.807) is 0 Å². The second-order valence-corrected chi connectivity index (χ2v) is 5.43. The molecule has 1 aliphatic rings. The van der Waals surface area contributed by atoms with Crippen molar-refractivity contribution in [1.82, 2.24) is 4.90 Å². The number of carbonyl (C=O) groups excluding carboxylic acids is 2. The summed E-state index contributed by atoms with van der Waals surface area (Å²) in [6.45, 7) is 0.806. The lowest BCUT2D eigenvalue weighted by atomic mass is 9.99. The van der Waals surface area contributed by atoms with Crippen molar-refractivity contribution in [3.8, 4) is 0 Å². The number of piperidine rings is 1. The molecule has 114 valence electrons. The first-order valence-electron chi connectivity index (χ1n) is 6.67. The Hall–Kier alpha value is -1.66. The van der Waals surface area contributed by atoms with Gasteiger partial charge in [0, 0.05) is 19.7 Å². The highest BCUT2D eigenvalue weighted by molar-refractivity contribution is 6.41. The molecule has 2 rings (SSSR count). The number of nitrogens with one attached hydrogen (secondary N) is 1. The van der Waals surface area contributed by atoms with Crippen LogP contribution in [-0.4, -0.2) is 41.5 Å². The summed E-state index contributed by atoms with van der Waals surface area (Å²) in [4.78, 5) is 25.4. The van der Waals surface area contributed by atoms with Crippen molar-refractivity contribution in [3.05, 3.63) is 29.0 Å². The number of rotatable bonds is 2. The van der Waals surface area contributed by atoms with E-state index >= 15 is 0 Å². The molecule has 1 unspecified atom stereocenters. The molecule has 0 saturated carbocycles. The van der Waals surface area contributed by atoms with Gasteiger partial charge in [-0.05, 0) is 37.0 Å². The van der Waals surface area contributed by atoms with Gasteiger partial charge in [0.2, 0.25) is 0 Å². The van der Waals surface area contributed by atoms with Crippen molar-refractivity contribution in [3.63, 3.8) is 0 Å². The van der Waals surface area contributed by atoms with Crippen LogP contribution < -0.4 is 5.32 Å². The van der Waals surface area contributed by atoms with Crippen molar-refractivity contribution in [2.75, 3.05) is 25.0 Å². The Morgan fingerprint density at radius 1 is 1.48 bits per heavy atom. The van der Waals surface area contributed by atoms with Crippen molar-refractivity contribution in [1.29, 1.82) is 0 Å². The third-order valence-corrected chi connectivity index (χ3v) is 3.76. The minimum atomic E-state index is -0.860. The third-order valence-electron chi connectivity index (χ3n) is 3.44. The number of benzene rings is 1. The number of amides is 2. The molecule has 1 fully saturated rings. The van der Waals surface area contributed by atoms with Crippen LogP contribution in [0.2, 0.25) is 5.02 Å². The Labute approximate surface area is 126 Å². The van der Waals surface area contributed by atoms with Crippen LogP contribution in [0.4, 0.5) is 10.1 Å². The molecule has 0 spiro atoms. The van der Waals surface area contributed by atoms with Gasteiger partial charge in [0.25, 0.3) is 0 Å². The van der Waals surface area contributed by atoms with E-state index in [0.29, 0.717) is 13.1 Å². The van der Waals surface area contributed by atoms with Crippen LogP contribution >= 0.6 is 11.6 Å². The van der Waals surface area contributed by atoms with Gasteiger partial charge in [-0.3, -0.25) is 9.59 Å². The molecule has 1 heterocycles. The molecule has 21 heavy (non-hydrogen) atoms. The zero-order valence-corrected chi connectivity index (χ0v) is 12.1. The summed E-state index contributed by atoms with van der Waals surface area (Å²) in [5.74, 6) is -2.12. The average Bonchev–Trinajstić information content (AvgIpc) is 2.50. The second kappa shape index (κ2) is 6.87. The summed E-state index contributed by atoms with van der Waals surface area (Å²) in [7, 11) is 0. The maximum atomic E-state index is 13.1. The van der Waals surface area contributed by atoms with Crippen molar-refractivity contribution in [2.24, 2.45) is 5.92 Å². The lowest BCUT2D eigenvalue weighted by Gasteiger charge is -2.31. The van der Waals surface area contributed by atoms with Gasteiger partial charge in [0.05, 0.1) is 10.7 Å². The van der Waals surface area contributed by atoms with Crippen molar-refractivity contribution in [2.45, 2.75) is 12.8 Å². The Balaban J connectivity index is 2.02. The molecule has 1 aromatic carbocycles. The van der Waals surface area contributed by atoms with E-state index in [4.69, 9.17) is 16.7 Å². The van der Waals surface area contributed by atoms with Crippen LogP contribution in [0.5, 0.6) is 0 Å². The van der Waals surface area contributed by atoms with Crippen LogP contribution in [0.25, 0.3) is 0 Å². The number of likely N-dealkylation sites (tertiary alicyclic amines) is 1. The molecule has 5 nitrogen and oxygen atoms in total. The second-order valence-electron chi connectivity index (χ2n) is 5.02. The van der Waals surface area contributed by atoms with Gasteiger partial charge < -0.3 is 15.3 Å². The highest BCUT2D eigenvalue weighted by Gasteiger charge is 2.27. The number of anilines is 1. The summed E-state index contributed by atoms with van der Waals surface area (Å²) in [6, 6.07) is 3.52. The number of aliphatic hydroxyl groups excluding tert-OH is 1. The fourth-order valence-corrected chi connectivity index (χ4v) is 2.48. The largest absolute Gasteiger partial charge is 0.396 e. The van der Waals surface area contributed by atoms with E-state index < -0.39 is 17.6 Å². The SMILES string of the molecule is O=C(Nc1cc(F)ccc1Cl)C(=O)N1CCCC(CO)C1. The molecule has 0 bridgehead atoms. The standard InChI is InChI=1S/C14H16ClFN2O3/c15-11-4-3-10(16)6-12(11)17-13(20)14(21)18-5-1-2-9(7-18)8-19/h3-4,6,9,19H,1-2,5,7-8H2,(H,17,20). The number of carbonyl (C=O) groups is 2. The van der Waals surface area contributed by atoms with Crippen LogP contribution in [0.3, 0.4) is 0 Å². The predicted octanol–water partition coefficient (Wildman–Crippen LogP) is 1.65. The van der Waals surface area contributed by atoms with Crippen molar-refractivity contribution >= 4 is 29.1 Å². The molecule has 1 atom stereocenters. The molecule has 7 heteroatoms. The molecule has 0 aromatic heterocycles. The molecule has 0 radical (unpaired) electrons. The van der Waals surface area contributed by atoms with Gasteiger partial charge in [-0.1, -0.05) is 11.6 Å². The lowest BCUT2D eigenvalue weighted by molar-refractivity contribution is -0.144. The molecule has 1 saturated heterocycles. The number of nitrogens with zero attached hydrogens (tertiary/aromatic N) is 1. The fraction of sp³-hybridized carbons (Fsp3) is 0.429. The Morgan fingerprint density at radius 2 is 2.24 bits per heavy atom. The summed E-state index contributed by atoms with van der Waals surface area (Å²) in [6.07, 6.45) is 1.57. The molecular formula is C14H16ClFN2O3. The molecule has 1 aliphatic heterocycles. The zero-order valence-electron chi connectivity index (χ0n) is 11.3. The molecular weight excluding hydrogens is 299 g/mol. The highest BCUT2D eigenvalue weighted by Crippen LogP contribution is 2.23. The van der Waals surface area contributed by atoms with Gasteiger partial charge in [-0.2, -0.15) is 0 Å². The summed E-state index contributed by atoms with van der Waals surface area (Å²) in [5, 5.41) is 11.6. The third kappa shape index (κ3) is 3.92. The first kappa shape index (κ1) is 15.7. The zero-order chi connectivity index (χ0) is 15.4. The lowest BCUT2D eigenvalue weighted by Crippen LogP contribution is -2.45. The Morgan fingerprint density at radius 3 is 2.95 bits per heavy atom. The summed E-state index contributed by atoms with van der Waals surface area (Å²) in [5.41, 5.74) is 0.0609. The monoisotopic (exact) mass is 314 g/mol. The van der Waals surface area contributed by atoms with Crippen molar-refractivity contribution < 1.29 is 19.1 Å². The van der Waals surface area contributed by atoms with Gasteiger partial charge in [0.15, 0.2) is 0 Å². The van der Waals surface area contributed by atoms with E-state index in [1.807, 2.05) is 0 Å². The van der Waals surface area contributed by atoms with E-state index in [9.17, 15) is 14.0 Å². The molecule has 0 aliphatic carbocycles. The smallest absolute Gasteiger partial charge is 0.313 e. The number of aliphatic hydroxyl groups is 1. The van der Waals surface area contributed by atoms with Gasteiger partial charge in [-0.25, -0.2) is 4.39 Å². The van der Waals surface area contributed by atoms with Crippen LogP contribution in [0.1, 0.15) is 12.8 Å². The highest BCUT2D eigenvalue weighted by atomic mass is 35.5. The van der Waals surface area contributed by atoms with E-state index in [0.717, 1.165) is 25.0 Å². The number of halogens is 2. The quantitative estimate of drug-likeness (QED) is 0.816. The summed E-state index contributed by atoms with van der Waals surface area (Å²) >= 11 is 5.84. The Bertz CT molecular complexity index is 553. The molecule has 1 aromatic rings. The maximum Gasteiger partial charge on any atom is 0.313 e. The van der Waals surface area contributed by atoms with Crippen LogP contribution in [-0.2, 0) is 9.59 Å². The predicted molar refractivity (Wildman–Crippen MR) is 76.4 cm³/mol. The van der Waals surface area contributed by atoms with Crippen LogP contribution in [0, 0.1) is 11.7 Å².